The number of likely N-dealkylation sites (tertiary alicyclic amines) is 1. The van der Waals surface area contributed by atoms with Crippen molar-refractivity contribution >= 4 is 5.78 Å². The van der Waals surface area contributed by atoms with Gasteiger partial charge < -0.3 is 0 Å². The van der Waals surface area contributed by atoms with Gasteiger partial charge in [0.25, 0.3) is 0 Å². The molecule has 96 valence electrons. The molecule has 2 rings (SSSR count). The second-order valence-electron chi connectivity index (χ2n) is 5.50. The summed E-state index contributed by atoms with van der Waals surface area (Å²) in [7, 11) is 0. The molecular formula is C15H25NO. The molecule has 0 aromatic carbocycles. The number of ketones is 1. The van der Waals surface area contributed by atoms with Gasteiger partial charge >= 0.3 is 0 Å². The Bertz CT molecular complexity index is 274. The van der Waals surface area contributed by atoms with Gasteiger partial charge in [-0.1, -0.05) is 18.9 Å². The first-order valence-corrected chi connectivity index (χ1v) is 7.20. The summed E-state index contributed by atoms with van der Waals surface area (Å²) in [6, 6.07) is 0.538. The molecule has 1 saturated carbocycles. The van der Waals surface area contributed by atoms with Crippen molar-refractivity contribution in [2.24, 2.45) is 5.92 Å². The first kappa shape index (κ1) is 12.8. The van der Waals surface area contributed by atoms with Gasteiger partial charge in [0.05, 0.1) is 0 Å². The van der Waals surface area contributed by atoms with Crippen molar-refractivity contribution in [2.75, 3.05) is 13.1 Å². The van der Waals surface area contributed by atoms with E-state index in [9.17, 15) is 4.79 Å². The lowest BCUT2D eigenvalue weighted by Crippen LogP contribution is -2.47. The zero-order valence-electron chi connectivity index (χ0n) is 10.9. The zero-order valence-corrected chi connectivity index (χ0v) is 10.9. The van der Waals surface area contributed by atoms with Gasteiger partial charge in [0.15, 0.2) is 0 Å². The lowest BCUT2D eigenvalue weighted by molar-refractivity contribution is -0.127. The molecule has 0 radical (unpaired) electrons. The van der Waals surface area contributed by atoms with Crippen molar-refractivity contribution in [3.8, 4) is 0 Å². The maximum Gasteiger partial charge on any atom is 0.137 e. The molecule has 0 bridgehead atoms. The summed E-state index contributed by atoms with van der Waals surface area (Å²) in [5, 5.41) is 0. The molecule has 2 unspecified atom stereocenters. The molecule has 17 heavy (non-hydrogen) atoms. The molecular weight excluding hydrogens is 210 g/mol. The van der Waals surface area contributed by atoms with E-state index in [0.717, 1.165) is 32.2 Å². The highest BCUT2D eigenvalue weighted by Crippen LogP contribution is 2.31. The van der Waals surface area contributed by atoms with Crippen LogP contribution in [0.1, 0.15) is 51.4 Å². The molecule has 2 heteroatoms. The average Bonchev–Trinajstić information content (AvgIpc) is 2.37. The predicted molar refractivity (Wildman–Crippen MR) is 71.0 cm³/mol. The van der Waals surface area contributed by atoms with E-state index < -0.39 is 0 Å². The van der Waals surface area contributed by atoms with E-state index in [-0.39, 0.29) is 0 Å². The fraction of sp³-hybridized carbons (Fsp3) is 0.800. The highest BCUT2D eigenvalue weighted by molar-refractivity contribution is 5.82. The van der Waals surface area contributed by atoms with Crippen molar-refractivity contribution in [1.82, 2.24) is 4.90 Å². The van der Waals surface area contributed by atoms with Crippen LogP contribution in [0.15, 0.2) is 12.7 Å². The van der Waals surface area contributed by atoms with E-state index in [4.69, 9.17) is 0 Å². The SMILES string of the molecule is C=CCCN1CCCCC1C1CCCCC1=O. The number of hydrogen-bond donors (Lipinski definition) is 0. The van der Waals surface area contributed by atoms with Crippen molar-refractivity contribution in [2.45, 2.75) is 57.4 Å². The molecule has 0 N–H and O–H groups in total. The Balaban J connectivity index is 1.98. The van der Waals surface area contributed by atoms with Gasteiger partial charge in [-0.3, -0.25) is 9.69 Å². The highest BCUT2D eigenvalue weighted by atomic mass is 16.1. The van der Waals surface area contributed by atoms with Crippen molar-refractivity contribution in [1.29, 1.82) is 0 Å². The molecule has 0 amide bonds. The number of carbonyl (C=O) groups excluding carboxylic acids is 1. The van der Waals surface area contributed by atoms with E-state index in [2.05, 4.69) is 11.5 Å². The van der Waals surface area contributed by atoms with E-state index in [1.54, 1.807) is 0 Å². The second-order valence-corrected chi connectivity index (χ2v) is 5.50. The Morgan fingerprint density at radius 3 is 2.82 bits per heavy atom. The third-order valence-corrected chi connectivity index (χ3v) is 4.35. The maximum atomic E-state index is 12.1. The Labute approximate surface area is 105 Å². The lowest BCUT2D eigenvalue weighted by Gasteiger charge is -2.41. The summed E-state index contributed by atoms with van der Waals surface area (Å²) in [5.74, 6) is 0.876. The fourth-order valence-corrected chi connectivity index (χ4v) is 3.42. The van der Waals surface area contributed by atoms with Gasteiger partial charge in [-0.2, -0.15) is 0 Å². The monoisotopic (exact) mass is 235 g/mol. The van der Waals surface area contributed by atoms with Crippen LogP contribution in [-0.2, 0) is 4.79 Å². The van der Waals surface area contributed by atoms with Crippen LogP contribution in [0.5, 0.6) is 0 Å². The van der Waals surface area contributed by atoms with E-state index in [0.29, 0.717) is 17.7 Å². The Morgan fingerprint density at radius 2 is 2.06 bits per heavy atom. The third-order valence-electron chi connectivity index (χ3n) is 4.35. The zero-order chi connectivity index (χ0) is 12.1. The summed E-state index contributed by atoms with van der Waals surface area (Å²) in [4.78, 5) is 14.6. The van der Waals surface area contributed by atoms with Gasteiger partial charge in [-0.05, 0) is 38.6 Å². The number of nitrogens with zero attached hydrogens (tertiary/aromatic N) is 1. The molecule has 2 fully saturated rings. The smallest absolute Gasteiger partial charge is 0.137 e. The molecule has 1 heterocycles. The molecule has 0 aromatic heterocycles. The number of hydrogen-bond acceptors (Lipinski definition) is 2. The van der Waals surface area contributed by atoms with Gasteiger partial charge in [-0.15, -0.1) is 6.58 Å². The Kier molecular flexibility index (Phi) is 4.78. The second kappa shape index (κ2) is 6.34. The molecule has 2 aliphatic rings. The van der Waals surface area contributed by atoms with Crippen LogP contribution in [0.25, 0.3) is 0 Å². The number of Topliss-reactive ketones (excluding diaryl/α,β-unsaturated/α-hetero) is 1. The minimum atomic E-state index is 0.342. The Hall–Kier alpha value is -0.630. The summed E-state index contributed by atoms with van der Waals surface area (Å²) in [5.41, 5.74) is 0. The largest absolute Gasteiger partial charge is 0.299 e. The van der Waals surface area contributed by atoms with Gasteiger partial charge in [0, 0.05) is 24.9 Å². The first-order valence-electron chi connectivity index (χ1n) is 7.20. The van der Waals surface area contributed by atoms with E-state index >= 15 is 0 Å². The highest BCUT2D eigenvalue weighted by Gasteiger charge is 2.34. The summed E-state index contributed by atoms with van der Waals surface area (Å²) < 4.78 is 0. The predicted octanol–water partition coefficient (Wildman–Crippen LogP) is 3.18. The maximum absolute atomic E-state index is 12.1. The van der Waals surface area contributed by atoms with E-state index in [1.165, 1.54) is 32.2 Å². The molecule has 1 aliphatic carbocycles. The number of piperidine rings is 1. The first-order chi connectivity index (χ1) is 8.33. The Morgan fingerprint density at radius 1 is 1.24 bits per heavy atom. The number of rotatable bonds is 4. The van der Waals surface area contributed by atoms with Crippen LogP contribution in [0.2, 0.25) is 0 Å². The van der Waals surface area contributed by atoms with Crippen molar-refractivity contribution in [3.05, 3.63) is 12.7 Å². The van der Waals surface area contributed by atoms with Crippen molar-refractivity contribution < 1.29 is 4.79 Å². The minimum Gasteiger partial charge on any atom is -0.299 e. The molecule has 0 spiro atoms. The third kappa shape index (κ3) is 3.19. The van der Waals surface area contributed by atoms with Crippen molar-refractivity contribution in [3.63, 3.8) is 0 Å². The van der Waals surface area contributed by atoms with Crippen LogP contribution >= 0.6 is 0 Å². The van der Waals surface area contributed by atoms with Crippen LogP contribution in [0, 0.1) is 5.92 Å². The van der Waals surface area contributed by atoms with Crippen LogP contribution < -0.4 is 0 Å². The van der Waals surface area contributed by atoms with E-state index in [1.807, 2.05) is 6.08 Å². The normalized spacial score (nSPS) is 31.4. The quantitative estimate of drug-likeness (QED) is 0.698. The molecule has 2 atom stereocenters. The van der Waals surface area contributed by atoms with Gasteiger partial charge in [0.2, 0.25) is 0 Å². The van der Waals surface area contributed by atoms with Crippen LogP contribution in [-0.4, -0.2) is 29.8 Å². The van der Waals surface area contributed by atoms with Crippen LogP contribution in [0.3, 0.4) is 0 Å². The summed E-state index contributed by atoms with van der Waals surface area (Å²) >= 11 is 0. The summed E-state index contributed by atoms with van der Waals surface area (Å²) in [6.07, 6.45) is 11.2. The van der Waals surface area contributed by atoms with Gasteiger partial charge in [0.1, 0.15) is 5.78 Å². The fourth-order valence-electron chi connectivity index (χ4n) is 3.42. The number of carbonyl (C=O) groups is 1. The minimum absolute atomic E-state index is 0.342. The van der Waals surface area contributed by atoms with Gasteiger partial charge in [-0.25, -0.2) is 0 Å². The standard InChI is InChI=1S/C15H25NO/c1-2-3-11-16-12-7-6-9-14(16)13-8-4-5-10-15(13)17/h2,13-14H,1,3-12H2. The molecule has 1 saturated heterocycles. The lowest BCUT2D eigenvalue weighted by atomic mass is 9.79. The molecule has 2 nitrogen and oxygen atoms in total. The molecule has 0 aromatic rings. The topological polar surface area (TPSA) is 20.3 Å². The molecule has 1 aliphatic heterocycles. The summed E-state index contributed by atoms with van der Waals surface area (Å²) in [6.45, 7) is 6.08. The van der Waals surface area contributed by atoms with Crippen LogP contribution in [0.4, 0.5) is 0 Å². The average molecular weight is 235 g/mol.